The maximum atomic E-state index is 1.61. The van der Waals surface area contributed by atoms with Crippen LogP contribution in [0.1, 0.15) is 77.0 Å². The summed E-state index contributed by atoms with van der Waals surface area (Å²) in [6, 6.07) is 0. The third kappa shape index (κ3) is 1.78. The Kier molecular flexibility index (Phi) is 3.17. The molecule has 0 saturated heterocycles. The predicted octanol–water partition coefficient (Wildman–Crippen LogP) is 5.42. The lowest BCUT2D eigenvalue weighted by molar-refractivity contribution is -0.0781. The molecule has 18 heavy (non-hydrogen) atoms. The third-order valence-corrected chi connectivity index (χ3v) is 7.27. The van der Waals surface area contributed by atoms with Crippen LogP contribution in [0, 0.1) is 35.5 Å². The summed E-state index contributed by atoms with van der Waals surface area (Å²) in [7, 11) is 0. The lowest BCUT2D eigenvalue weighted by atomic mass is 9.48. The Hall–Kier alpha value is 0. The van der Waals surface area contributed by atoms with Gasteiger partial charge in [0.05, 0.1) is 0 Å². The van der Waals surface area contributed by atoms with Crippen LogP contribution in [0.15, 0.2) is 0 Å². The quantitative estimate of drug-likeness (QED) is 0.535. The van der Waals surface area contributed by atoms with Crippen molar-refractivity contribution in [3.05, 3.63) is 0 Å². The molecular formula is C18H30. The SMILES string of the molecule is C1CCC2C(C1)C1CCCCC1C1CCCCC21. The molecule has 0 heterocycles. The molecule has 4 aliphatic rings. The fourth-order valence-electron chi connectivity index (χ4n) is 6.75. The largest absolute Gasteiger partial charge is 0.0530 e. The molecule has 4 rings (SSSR count). The van der Waals surface area contributed by atoms with E-state index in [1.165, 1.54) is 35.5 Å². The maximum absolute atomic E-state index is 1.61. The van der Waals surface area contributed by atoms with Crippen LogP contribution in [0.5, 0.6) is 0 Å². The minimum Gasteiger partial charge on any atom is -0.0530 e. The lowest BCUT2D eigenvalue weighted by Crippen LogP contribution is -2.49. The number of hydrogen-bond donors (Lipinski definition) is 0. The zero-order valence-electron chi connectivity index (χ0n) is 11.9. The molecular weight excluding hydrogens is 216 g/mol. The van der Waals surface area contributed by atoms with Crippen LogP contribution in [0.4, 0.5) is 0 Å². The summed E-state index contributed by atoms with van der Waals surface area (Å²) in [6.45, 7) is 0. The zero-order valence-corrected chi connectivity index (χ0v) is 11.9. The standard InChI is InChI=1S/C18H30/c1-2-8-14-13(7-1)15-9-3-4-11-17(15)18-12-6-5-10-16(14)18/h13-18H,1-12H2. The van der Waals surface area contributed by atoms with E-state index in [-0.39, 0.29) is 0 Å². The Bertz CT molecular complexity index is 205. The highest BCUT2D eigenvalue weighted by molar-refractivity contribution is 5.00. The molecule has 0 unspecified atom stereocenters. The highest BCUT2D eigenvalue weighted by atomic mass is 14.6. The molecule has 4 fully saturated rings. The van der Waals surface area contributed by atoms with Gasteiger partial charge in [0.25, 0.3) is 0 Å². The average molecular weight is 246 g/mol. The van der Waals surface area contributed by atoms with Crippen LogP contribution in [-0.2, 0) is 0 Å². The van der Waals surface area contributed by atoms with Gasteiger partial charge < -0.3 is 0 Å². The molecule has 0 N–H and O–H groups in total. The van der Waals surface area contributed by atoms with Crippen LogP contribution in [0.3, 0.4) is 0 Å². The molecule has 0 aromatic heterocycles. The van der Waals surface area contributed by atoms with E-state index in [1.807, 2.05) is 0 Å². The van der Waals surface area contributed by atoms with Crippen molar-refractivity contribution in [2.24, 2.45) is 35.5 Å². The zero-order chi connectivity index (χ0) is 11.9. The number of fused-ring (bicyclic) bond motifs is 6. The van der Waals surface area contributed by atoms with Gasteiger partial charge in [-0.3, -0.25) is 0 Å². The van der Waals surface area contributed by atoms with E-state index in [4.69, 9.17) is 0 Å². The van der Waals surface area contributed by atoms with Gasteiger partial charge in [-0.15, -0.1) is 0 Å². The number of hydrogen-bond acceptors (Lipinski definition) is 0. The van der Waals surface area contributed by atoms with Gasteiger partial charge in [-0.2, -0.15) is 0 Å². The Morgan fingerprint density at radius 3 is 0.611 bits per heavy atom. The normalized spacial score (nSPS) is 52.0. The highest BCUT2D eigenvalue weighted by Crippen LogP contribution is 2.59. The Morgan fingerprint density at radius 2 is 0.444 bits per heavy atom. The Balaban J connectivity index is 1.64. The van der Waals surface area contributed by atoms with Gasteiger partial charge in [-0.05, 0) is 74.0 Å². The van der Waals surface area contributed by atoms with Crippen molar-refractivity contribution in [2.45, 2.75) is 77.0 Å². The van der Waals surface area contributed by atoms with Gasteiger partial charge in [0.1, 0.15) is 0 Å². The van der Waals surface area contributed by atoms with E-state index >= 15 is 0 Å². The highest BCUT2D eigenvalue weighted by Gasteiger charge is 2.50. The fourth-order valence-corrected chi connectivity index (χ4v) is 6.75. The first-order chi connectivity index (χ1) is 8.95. The van der Waals surface area contributed by atoms with Crippen LogP contribution in [0.25, 0.3) is 0 Å². The minimum atomic E-state index is 1.17. The van der Waals surface area contributed by atoms with Crippen molar-refractivity contribution < 1.29 is 0 Å². The molecule has 0 spiro atoms. The monoisotopic (exact) mass is 246 g/mol. The molecule has 0 aromatic rings. The second-order valence-electron chi connectivity index (χ2n) is 7.84. The lowest BCUT2D eigenvalue weighted by Gasteiger charge is -2.57. The summed E-state index contributed by atoms with van der Waals surface area (Å²) in [6.07, 6.45) is 19.0. The van der Waals surface area contributed by atoms with Gasteiger partial charge >= 0.3 is 0 Å². The molecule has 102 valence electrons. The van der Waals surface area contributed by atoms with Crippen LogP contribution < -0.4 is 0 Å². The molecule has 0 bridgehead atoms. The minimum absolute atomic E-state index is 1.17. The average Bonchev–Trinajstić information content (AvgIpc) is 2.48. The Morgan fingerprint density at radius 1 is 0.278 bits per heavy atom. The second-order valence-corrected chi connectivity index (χ2v) is 7.84. The van der Waals surface area contributed by atoms with Gasteiger partial charge in [0.15, 0.2) is 0 Å². The number of rotatable bonds is 0. The summed E-state index contributed by atoms with van der Waals surface area (Å²) >= 11 is 0. The van der Waals surface area contributed by atoms with Crippen LogP contribution >= 0.6 is 0 Å². The molecule has 4 aliphatic carbocycles. The maximum Gasteiger partial charge on any atom is -0.0352 e. The van der Waals surface area contributed by atoms with Crippen LogP contribution in [-0.4, -0.2) is 0 Å². The first-order valence-corrected chi connectivity index (χ1v) is 8.95. The van der Waals surface area contributed by atoms with Gasteiger partial charge in [0.2, 0.25) is 0 Å². The first-order valence-electron chi connectivity index (χ1n) is 8.95. The third-order valence-electron chi connectivity index (χ3n) is 7.27. The molecule has 4 saturated carbocycles. The topological polar surface area (TPSA) is 0 Å². The van der Waals surface area contributed by atoms with E-state index in [1.54, 1.807) is 77.0 Å². The van der Waals surface area contributed by atoms with Crippen molar-refractivity contribution in [2.75, 3.05) is 0 Å². The second kappa shape index (κ2) is 4.84. The Labute approximate surface area is 113 Å². The summed E-state index contributed by atoms with van der Waals surface area (Å²) in [4.78, 5) is 0. The molecule has 0 heteroatoms. The molecule has 0 aliphatic heterocycles. The first kappa shape index (κ1) is 11.8. The summed E-state index contributed by atoms with van der Waals surface area (Å²) in [5.74, 6) is 7.02. The smallest absolute Gasteiger partial charge is 0.0352 e. The van der Waals surface area contributed by atoms with Crippen molar-refractivity contribution in [3.8, 4) is 0 Å². The van der Waals surface area contributed by atoms with E-state index in [2.05, 4.69) is 0 Å². The van der Waals surface area contributed by atoms with E-state index in [9.17, 15) is 0 Å². The molecule has 0 nitrogen and oxygen atoms in total. The predicted molar refractivity (Wildman–Crippen MR) is 76.3 cm³/mol. The van der Waals surface area contributed by atoms with E-state index < -0.39 is 0 Å². The molecule has 0 amide bonds. The summed E-state index contributed by atoms with van der Waals surface area (Å²) in [5, 5.41) is 0. The van der Waals surface area contributed by atoms with Crippen molar-refractivity contribution in [1.29, 1.82) is 0 Å². The van der Waals surface area contributed by atoms with Crippen LogP contribution in [0.2, 0.25) is 0 Å². The van der Waals surface area contributed by atoms with Gasteiger partial charge in [-0.25, -0.2) is 0 Å². The van der Waals surface area contributed by atoms with E-state index in [0.717, 1.165) is 0 Å². The van der Waals surface area contributed by atoms with Gasteiger partial charge in [0, 0.05) is 0 Å². The van der Waals surface area contributed by atoms with Crippen molar-refractivity contribution in [3.63, 3.8) is 0 Å². The fraction of sp³-hybridized carbons (Fsp3) is 1.00. The summed E-state index contributed by atoms with van der Waals surface area (Å²) in [5.41, 5.74) is 0. The van der Waals surface area contributed by atoms with E-state index in [0.29, 0.717) is 0 Å². The molecule has 0 atom stereocenters. The van der Waals surface area contributed by atoms with Crippen molar-refractivity contribution in [1.82, 2.24) is 0 Å². The molecule has 0 aromatic carbocycles. The molecule has 0 radical (unpaired) electrons. The summed E-state index contributed by atoms with van der Waals surface area (Å²) < 4.78 is 0. The van der Waals surface area contributed by atoms with Gasteiger partial charge in [-0.1, -0.05) is 38.5 Å². The van der Waals surface area contributed by atoms with Crippen molar-refractivity contribution >= 4 is 0 Å².